The molecule has 0 aromatic carbocycles. The molecule has 2 aliphatic rings. The van der Waals surface area contributed by atoms with Crippen molar-refractivity contribution in [3.63, 3.8) is 0 Å². The lowest BCUT2D eigenvalue weighted by molar-refractivity contribution is -0.148. The van der Waals surface area contributed by atoms with E-state index in [1.54, 1.807) is 19.9 Å². The number of Topliss-reactive ketones (excluding diaryl/α,β-unsaturated/α-hetero) is 2. The molecule has 0 saturated heterocycles. The fraction of sp³-hybridized carbons (Fsp3) is 0.600. The van der Waals surface area contributed by atoms with Crippen LogP contribution < -0.4 is 0 Å². The minimum Gasteiger partial charge on any atom is -0.377 e. The van der Waals surface area contributed by atoms with Crippen molar-refractivity contribution >= 4 is 11.6 Å². The van der Waals surface area contributed by atoms with E-state index >= 15 is 0 Å². The van der Waals surface area contributed by atoms with Gasteiger partial charge in [-0.2, -0.15) is 0 Å². The van der Waals surface area contributed by atoms with Gasteiger partial charge < -0.3 is 5.11 Å². The fourth-order valence-electron chi connectivity index (χ4n) is 3.28. The van der Waals surface area contributed by atoms with Crippen molar-refractivity contribution in [3.05, 3.63) is 23.8 Å². The summed E-state index contributed by atoms with van der Waals surface area (Å²) in [4.78, 5) is 24.0. The molecular weight excluding hydrogens is 228 g/mol. The van der Waals surface area contributed by atoms with Gasteiger partial charge in [-0.15, -0.1) is 0 Å². The molecule has 3 heteroatoms. The summed E-state index contributed by atoms with van der Waals surface area (Å²) < 4.78 is 0. The third kappa shape index (κ3) is 1.69. The van der Waals surface area contributed by atoms with E-state index in [9.17, 15) is 14.7 Å². The molecule has 18 heavy (non-hydrogen) atoms. The first kappa shape index (κ1) is 13.2. The number of hydrogen-bond acceptors (Lipinski definition) is 3. The maximum Gasteiger partial charge on any atom is 0.169 e. The van der Waals surface area contributed by atoms with Crippen molar-refractivity contribution in [3.8, 4) is 0 Å². The number of carbonyl (C=O) groups is 2. The molecule has 0 aromatic heterocycles. The highest BCUT2D eigenvalue weighted by molar-refractivity contribution is 5.98. The van der Waals surface area contributed by atoms with Crippen LogP contribution in [0.2, 0.25) is 0 Å². The first-order valence-electron chi connectivity index (χ1n) is 6.41. The predicted octanol–water partition coefficient (Wildman–Crippen LogP) is 2.05. The number of rotatable bonds is 1. The molecule has 0 amide bonds. The Morgan fingerprint density at radius 3 is 2.61 bits per heavy atom. The van der Waals surface area contributed by atoms with E-state index in [0.29, 0.717) is 24.0 Å². The van der Waals surface area contributed by atoms with E-state index in [1.807, 2.05) is 6.92 Å². The summed E-state index contributed by atoms with van der Waals surface area (Å²) in [7, 11) is 0. The highest BCUT2D eigenvalue weighted by Gasteiger charge is 2.53. The van der Waals surface area contributed by atoms with Crippen molar-refractivity contribution in [2.75, 3.05) is 0 Å². The normalized spacial score (nSPS) is 40.2. The van der Waals surface area contributed by atoms with Crippen molar-refractivity contribution in [1.82, 2.24) is 0 Å². The maximum absolute atomic E-state index is 12.2. The van der Waals surface area contributed by atoms with Crippen molar-refractivity contribution in [2.24, 2.45) is 17.8 Å². The monoisotopic (exact) mass is 248 g/mol. The Morgan fingerprint density at radius 1 is 1.44 bits per heavy atom. The van der Waals surface area contributed by atoms with Crippen LogP contribution in [0.15, 0.2) is 23.8 Å². The summed E-state index contributed by atoms with van der Waals surface area (Å²) in [6.07, 6.45) is 2.53. The minimum absolute atomic E-state index is 0.0422. The topological polar surface area (TPSA) is 54.4 Å². The molecule has 1 N–H and O–H groups in total. The summed E-state index contributed by atoms with van der Waals surface area (Å²) in [5.41, 5.74) is -0.357. The molecule has 0 radical (unpaired) electrons. The van der Waals surface area contributed by atoms with Gasteiger partial charge >= 0.3 is 0 Å². The molecule has 0 aromatic rings. The smallest absolute Gasteiger partial charge is 0.169 e. The number of allylic oxidation sites excluding steroid dienone is 1. The highest BCUT2D eigenvalue weighted by atomic mass is 16.3. The number of ketones is 2. The molecular formula is C15H20O3. The first-order chi connectivity index (χ1) is 8.28. The van der Waals surface area contributed by atoms with E-state index in [0.717, 1.165) is 0 Å². The van der Waals surface area contributed by atoms with Gasteiger partial charge in [0.2, 0.25) is 0 Å². The van der Waals surface area contributed by atoms with Crippen molar-refractivity contribution in [2.45, 2.75) is 39.2 Å². The Kier molecular flexibility index (Phi) is 3.06. The molecule has 0 unspecified atom stereocenters. The standard InChI is InChI=1S/C15H20O3/c1-8(2)15(18)12-5-10(4)13(16)7-11(12)9(3)6-14(15)17/h5,9,11-12,18H,1,6-7H2,2-4H3/t9-,11+,12+,15-/m1/s1. The molecule has 0 heterocycles. The van der Waals surface area contributed by atoms with Gasteiger partial charge in [-0.3, -0.25) is 9.59 Å². The average molecular weight is 248 g/mol. The Labute approximate surface area is 108 Å². The molecule has 4 atom stereocenters. The molecule has 98 valence electrons. The maximum atomic E-state index is 12.2. The molecule has 0 spiro atoms. The van der Waals surface area contributed by atoms with Crippen LogP contribution in [0.1, 0.15) is 33.6 Å². The van der Waals surface area contributed by atoms with Crippen LogP contribution in [0.4, 0.5) is 0 Å². The van der Waals surface area contributed by atoms with Gasteiger partial charge in [0.05, 0.1) is 0 Å². The number of carbonyl (C=O) groups excluding carboxylic acids is 2. The van der Waals surface area contributed by atoms with E-state index in [-0.39, 0.29) is 29.3 Å². The van der Waals surface area contributed by atoms with Crippen LogP contribution >= 0.6 is 0 Å². The quantitative estimate of drug-likeness (QED) is 0.723. The summed E-state index contributed by atoms with van der Waals surface area (Å²) in [6, 6.07) is 0. The fourth-order valence-corrected chi connectivity index (χ4v) is 3.28. The van der Waals surface area contributed by atoms with Crippen LogP contribution in [-0.4, -0.2) is 22.3 Å². The van der Waals surface area contributed by atoms with Gasteiger partial charge in [0, 0.05) is 18.8 Å². The zero-order chi connectivity index (χ0) is 13.7. The van der Waals surface area contributed by atoms with Crippen LogP contribution in [-0.2, 0) is 9.59 Å². The molecule has 2 aliphatic carbocycles. The molecule has 3 nitrogen and oxygen atoms in total. The van der Waals surface area contributed by atoms with Gasteiger partial charge in [-0.25, -0.2) is 0 Å². The predicted molar refractivity (Wildman–Crippen MR) is 68.9 cm³/mol. The van der Waals surface area contributed by atoms with E-state index < -0.39 is 5.60 Å². The van der Waals surface area contributed by atoms with Gasteiger partial charge in [-0.05, 0) is 36.8 Å². The highest BCUT2D eigenvalue weighted by Crippen LogP contribution is 2.47. The largest absolute Gasteiger partial charge is 0.377 e. The number of hydrogen-bond donors (Lipinski definition) is 1. The second kappa shape index (κ2) is 4.16. The lowest BCUT2D eigenvalue weighted by Gasteiger charge is -2.47. The Balaban J connectivity index is 2.53. The number of aliphatic hydroxyl groups is 1. The minimum atomic E-state index is -1.49. The Morgan fingerprint density at radius 2 is 2.06 bits per heavy atom. The third-order valence-corrected chi connectivity index (χ3v) is 4.55. The number of fused-ring (bicyclic) bond motifs is 1. The SMILES string of the molecule is C=C(C)[C@]1(O)C(=O)C[C@@H](C)[C@@H]2CC(=O)C(C)=C[C@@H]21. The van der Waals surface area contributed by atoms with Gasteiger partial charge in [0.15, 0.2) is 11.6 Å². The lowest BCUT2D eigenvalue weighted by Crippen LogP contribution is -2.56. The van der Waals surface area contributed by atoms with Crippen molar-refractivity contribution in [1.29, 1.82) is 0 Å². The van der Waals surface area contributed by atoms with Crippen LogP contribution in [0.3, 0.4) is 0 Å². The first-order valence-corrected chi connectivity index (χ1v) is 6.41. The summed E-state index contributed by atoms with van der Waals surface area (Å²) >= 11 is 0. The molecule has 0 bridgehead atoms. The molecule has 1 saturated carbocycles. The summed E-state index contributed by atoms with van der Waals surface area (Å²) in [6.45, 7) is 9.19. The zero-order valence-corrected chi connectivity index (χ0v) is 11.2. The Bertz CT molecular complexity index is 460. The van der Waals surface area contributed by atoms with Gasteiger partial charge in [0.1, 0.15) is 5.60 Å². The van der Waals surface area contributed by atoms with Gasteiger partial charge in [0.25, 0.3) is 0 Å². The van der Waals surface area contributed by atoms with E-state index in [2.05, 4.69) is 6.58 Å². The van der Waals surface area contributed by atoms with Crippen LogP contribution in [0, 0.1) is 17.8 Å². The second-order valence-electron chi connectivity index (χ2n) is 5.82. The molecule has 1 fully saturated rings. The van der Waals surface area contributed by atoms with Crippen molar-refractivity contribution < 1.29 is 14.7 Å². The second-order valence-corrected chi connectivity index (χ2v) is 5.82. The lowest BCUT2D eigenvalue weighted by atomic mass is 9.58. The van der Waals surface area contributed by atoms with E-state index in [4.69, 9.17) is 0 Å². The third-order valence-electron chi connectivity index (χ3n) is 4.55. The molecule has 0 aliphatic heterocycles. The van der Waals surface area contributed by atoms with Crippen LogP contribution in [0.25, 0.3) is 0 Å². The zero-order valence-electron chi connectivity index (χ0n) is 11.2. The van der Waals surface area contributed by atoms with E-state index in [1.165, 1.54) is 0 Å². The molecule has 2 rings (SSSR count). The summed E-state index contributed by atoms with van der Waals surface area (Å²) in [5.74, 6) is -0.163. The summed E-state index contributed by atoms with van der Waals surface area (Å²) in [5, 5.41) is 10.7. The Hall–Kier alpha value is -1.22. The van der Waals surface area contributed by atoms with Crippen LogP contribution in [0.5, 0.6) is 0 Å². The average Bonchev–Trinajstić information content (AvgIpc) is 2.28. The van der Waals surface area contributed by atoms with Gasteiger partial charge in [-0.1, -0.05) is 19.6 Å².